The molecule has 0 bridgehead atoms. The zero-order valence-electron chi connectivity index (χ0n) is 14.4. The largest absolute Gasteiger partial charge is 0.507 e. The number of nitrogens with zero attached hydrogens (tertiary/aromatic N) is 3. The fourth-order valence-corrected chi connectivity index (χ4v) is 3.29. The van der Waals surface area contributed by atoms with E-state index in [0.717, 1.165) is 30.0 Å². The molecule has 0 aliphatic heterocycles. The molecule has 3 rings (SSSR count). The Morgan fingerprint density at radius 3 is 2.56 bits per heavy atom. The molecule has 0 fully saturated rings. The summed E-state index contributed by atoms with van der Waals surface area (Å²) in [7, 11) is 0. The third kappa shape index (κ3) is 4.06. The topological polar surface area (TPSA) is 48.7 Å². The van der Waals surface area contributed by atoms with Crippen LogP contribution in [0.1, 0.15) is 19.4 Å². The lowest BCUT2D eigenvalue weighted by molar-refractivity contribution is 0.474. The second-order valence-corrected chi connectivity index (χ2v) is 6.39. The Morgan fingerprint density at radius 1 is 1.12 bits per heavy atom. The first-order chi connectivity index (χ1) is 12.2. The summed E-state index contributed by atoms with van der Waals surface area (Å²) in [5.74, 6) is 0.230. The Kier molecular flexibility index (Phi) is 5.46. The molecule has 0 spiro atoms. The zero-order valence-corrected chi connectivity index (χ0v) is 15.2. The van der Waals surface area contributed by atoms with Gasteiger partial charge in [-0.3, -0.25) is 0 Å². The lowest BCUT2D eigenvalue weighted by atomic mass is 10.2. The molecule has 25 heavy (non-hydrogen) atoms. The first-order valence-electron chi connectivity index (χ1n) is 8.34. The normalized spacial score (nSPS) is 11.1. The van der Waals surface area contributed by atoms with Crippen molar-refractivity contribution in [2.24, 2.45) is 4.99 Å². The van der Waals surface area contributed by atoms with Gasteiger partial charge in [-0.05, 0) is 26.0 Å². The Hall–Kier alpha value is -2.66. The number of thiazole rings is 1. The number of rotatable bonds is 6. The van der Waals surface area contributed by atoms with Gasteiger partial charge in [-0.15, -0.1) is 11.3 Å². The molecule has 0 aliphatic carbocycles. The lowest BCUT2D eigenvalue weighted by Gasteiger charge is -2.21. The first kappa shape index (κ1) is 17.2. The maximum atomic E-state index is 10.3. The van der Waals surface area contributed by atoms with Crippen LogP contribution in [-0.2, 0) is 0 Å². The molecule has 1 heterocycles. The van der Waals surface area contributed by atoms with Crippen LogP contribution in [0.15, 0.2) is 58.9 Å². The van der Waals surface area contributed by atoms with Crippen molar-refractivity contribution in [1.29, 1.82) is 0 Å². The Balaban J connectivity index is 1.77. The number of hydrogen-bond acceptors (Lipinski definition) is 5. The van der Waals surface area contributed by atoms with Gasteiger partial charge in [0.1, 0.15) is 5.75 Å². The number of aromatic nitrogens is 1. The van der Waals surface area contributed by atoms with E-state index in [2.05, 4.69) is 28.7 Å². The first-order valence-corrected chi connectivity index (χ1v) is 9.22. The minimum Gasteiger partial charge on any atom is -0.507 e. The van der Waals surface area contributed by atoms with Gasteiger partial charge in [0.15, 0.2) is 0 Å². The molecule has 5 heteroatoms. The molecule has 128 valence electrons. The van der Waals surface area contributed by atoms with Crippen LogP contribution in [-0.4, -0.2) is 29.4 Å². The number of aromatic hydroxyl groups is 1. The Morgan fingerprint density at radius 2 is 1.88 bits per heavy atom. The molecule has 0 aliphatic rings. The van der Waals surface area contributed by atoms with Crippen LogP contribution in [0.3, 0.4) is 0 Å². The molecule has 0 saturated carbocycles. The van der Waals surface area contributed by atoms with Gasteiger partial charge in [0.05, 0.1) is 5.69 Å². The second-order valence-electron chi connectivity index (χ2n) is 5.55. The zero-order chi connectivity index (χ0) is 17.6. The maximum absolute atomic E-state index is 10.3. The van der Waals surface area contributed by atoms with Gasteiger partial charge < -0.3 is 10.0 Å². The number of benzene rings is 2. The number of aliphatic imine (C=N–C) groups is 1. The summed E-state index contributed by atoms with van der Waals surface area (Å²) >= 11 is 1.49. The molecule has 0 atom stereocenters. The van der Waals surface area contributed by atoms with E-state index < -0.39 is 0 Å². The average Bonchev–Trinajstić information content (AvgIpc) is 3.12. The van der Waals surface area contributed by atoms with Crippen molar-refractivity contribution in [3.63, 3.8) is 0 Å². The number of anilines is 1. The van der Waals surface area contributed by atoms with Gasteiger partial charge in [-0.2, -0.15) is 0 Å². The maximum Gasteiger partial charge on any atom is 0.209 e. The summed E-state index contributed by atoms with van der Waals surface area (Å²) in [4.78, 5) is 11.1. The fourth-order valence-electron chi connectivity index (χ4n) is 2.62. The summed E-state index contributed by atoms with van der Waals surface area (Å²) in [6, 6.07) is 15.7. The molecule has 0 unspecified atom stereocenters. The van der Waals surface area contributed by atoms with Crippen LogP contribution in [0, 0.1) is 0 Å². The Labute approximate surface area is 152 Å². The molecule has 1 N–H and O–H groups in total. The number of phenols is 1. The van der Waals surface area contributed by atoms with Gasteiger partial charge in [0.2, 0.25) is 5.13 Å². The molecule has 0 radical (unpaired) electrons. The van der Waals surface area contributed by atoms with E-state index in [-0.39, 0.29) is 5.75 Å². The van der Waals surface area contributed by atoms with E-state index in [9.17, 15) is 5.11 Å². The molecular weight excluding hydrogens is 330 g/mol. The average molecular weight is 351 g/mol. The monoisotopic (exact) mass is 351 g/mol. The van der Waals surface area contributed by atoms with E-state index in [1.807, 2.05) is 47.8 Å². The minimum absolute atomic E-state index is 0.230. The van der Waals surface area contributed by atoms with Crippen molar-refractivity contribution < 1.29 is 5.11 Å². The van der Waals surface area contributed by atoms with Gasteiger partial charge in [0.25, 0.3) is 0 Å². The fraction of sp³-hybridized carbons (Fsp3) is 0.200. The Bertz CT molecular complexity index is 854. The predicted molar refractivity (Wildman–Crippen MR) is 106 cm³/mol. The van der Waals surface area contributed by atoms with Gasteiger partial charge in [-0.1, -0.05) is 30.3 Å². The van der Waals surface area contributed by atoms with Gasteiger partial charge in [0, 0.05) is 47.6 Å². The molecular formula is C20H21N3OS. The van der Waals surface area contributed by atoms with Crippen molar-refractivity contribution in [2.75, 3.05) is 18.0 Å². The number of phenolic OH excluding ortho intramolecular Hbond substituents is 1. The molecule has 1 aromatic heterocycles. The summed E-state index contributed by atoms with van der Waals surface area (Å²) in [5, 5.41) is 12.9. The van der Waals surface area contributed by atoms with E-state index in [0.29, 0.717) is 10.7 Å². The van der Waals surface area contributed by atoms with Crippen molar-refractivity contribution in [3.8, 4) is 17.0 Å². The summed E-state index contributed by atoms with van der Waals surface area (Å²) in [5.41, 5.74) is 3.69. The highest BCUT2D eigenvalue weighted by Gasteiger charge is 2.06. The molecule has 0 saturated heterocycles. The van der Waals surface area contributed by atoms with E-state index in [1.54, 1.807) is 12.3 Å². The molecule has 2 aromatic carbocycles. The second kappa shape index (κ2) is 7.94. The van der Waals surface area contributed by atoms with E-state index >= 15 is 0 Å². The third-order valence-corrected chi connectivity index (χ3v) is 4.77. The molecule has 4 nitrogen and oxygen atoms in total. The lowest BCUT2D eigenvalue weighted by Crippen LogP contribution is -2.21. The van der Waals surface area contributed by atoms with Crippen molar-refractivity contribution in [2.45, 2.75) is 13.8 Å². The highest BCUT2D eigenvalue weighted by atomic mass is 32.1. The van der Waals surface area contributed by atoms with Crippen molar-refractivity contribution >= 4 is 28.4 Å². The standard InChI is InChI=1S/C20H21N3OS/c1-3-23(4-2)17-11-10-16(19(24)12-17)13-21-20-22-18(14-25-20)15-8-6-5-7-9-15/h5-14,24H,3-4H2,1-2H3/b21-13+. The third-order valence-electron chi connectivity index (χ3n) is 4.02. The van der Waals surface area contributed by atoms with Crippen LogP contribution in [0.25, 0.3) is 11.3 Å². The summed E-state index contributed by atoms with van der Waals surface area (Å²) in [6.45, 7) is 6.01. The van der Waals surface area contributed by atoms with Crippen molar-refractivity contribution in [3.05, 3.63) is 59.5 Å². The van der Waals surface area contributed by atoms with Crippen LogP contribution in [0.5, 0.6) is 5.75 Å². The minimum atomic E-state index is 0.230. The quantitative estimate of drug-likeness (QED) is 0.628. The van der Waals surface area contributed by atoms with Crippen LogP contribution in [0.4, 0.5) is 10.8 Å². The van der Waals surface area contributed by atoms with Crippen LogP contribution < -0.4 is 4.90 Å². The molecule has 0 amide bonds. The highest BCUT2D eigenvalue weighted by Crippen LogP contribution is 2.28. The highest BCUT2D eigenvalue weighted by molar-refractivity contribution is 7.13. The van der Waals surface area contributed by atoms with Gasteiger partial charge in [-0.25, -0.2) is 9.98 Å². The van der Waals surface area contributed by atoms with Crippen LogP contribution >= 0.6 is 11.3 Å². The van der Waals surface area contributed by atoms with Crippen molar-refractivity contribution in [1.82, 2.24) is 4.98 Å². The van der Waals surface area contributed by atoms with E-state index in [4.69, 9.17) is 0 Å². The predicted octanol–water partition coefficient (Wildman–Crippen LogP) is 5.11. The SMILES string of the molecule is CCN(CC)c1ccc(/C=N/c2nc(-c3ccccc3)cs2)c(O)c1. The van der Waals surface area contributed by atoms with Gasteiger partial charge >= 0.3 is 0 Å². The smallest absolute Gasteiger partial charge is 0.209 e. The summed E-state index contributed by atoms with van der Waals surface area (Å²) < 4.78 is 0. The number of hydrogen-bond donors (Lipinski definition) is 1. The molecule has 3 aromatic rings. The summed E-state index contributed by atoms with van der Waals surface area (Å²) in [6.07, 6.45) is 1.66. The van der Waals surface area contributed by atoms with Crippen LogP contribution in [0.2, 0.25) is 0 Å². The van der Waals surface area contributed by atoms with E-state index in [1.165, 1.54) is 11.3 Å².